The Hall–Kier alpha value is -2.53. The third kappa shape index (κ3) is 5.97. The third-order valence-corrected chi connectivity index (χ3v) is 5.54. The largest absolute Gasteiger partial charge is 0.493 e. The fourth-order valence-corrected chi connectivity index (χ4v) is 3.69. The lowest BCUT2D eigenvalue weighted by Crippen LogP contribution is -2.38. The summed E-state index contributed by atoms with van der Waals surface area (Å²) >= 11 is 0. The van der Waals surface area contributed by atoms with Crippen molar-refractivity contribution in [1.82, 2.24) is 15.5 Å². The maximum absolute atomic E-state index is 5.59. The Labute approximate surface area is 175 Å². The molecule has 0 aliphatic carbocycles. The van der Waals surface area contributed by atoms with Gasteiger partial charge in [-0.15, -0.1) is 0 Å². The zero-order valence-corrected chi connectivity index (χ0v) is 18.0. The second-order valence-electron chi connectivity index (χ2n) is 7.37. The van der Waals surface area contributed by atoms with Crippen LogP contribution in [0.25, 0.3) is 0 Å². The molecule has 5 nitrogen and oxygen atoms in total. The summed E-state index contributed by atoms with van der Waals surface area (Å²) in [6.07, 6.45) is 1.99. The van der Waals surface area contributed by atoms with Crippen molar-refractivity contribution in [3.05, 3.63) is 64.7 Å². The molecule has 2 aromatic rings. The molecule has 1 aliphatic heterocycles. The smallest absolute Gasteiger partial charge is 0.191 e. The Kier molecular flexibility index (Phi) is 7.94. The van der Waals surface area contributed by atoms with Crippen LogP contribution in [0.3, 0.4) is 0 Å². The lowest BCUT2D eigenvalue weighted by molar-refractivity contribution is 0.295. The number of ether oxygens (including phenoxy) is 1. The van der Waals surface area contributed by atoms with E-state index in [1.807, 2.05) is 7.05 Å². The molecule has 0 saturated carbocycles. The van der Waals surface area contributed by atoms with Crippen molar-refractivity contribution in [3.8, 4) is 5.75 Å². The predicted molar refractivity (Wildman–Crippen MR) is 121 cm³/mol. The van der Waals surface area contributed by atoms with Crippen molar-refractivity contribution < 1.29 is 4.74 Å². The summed E-state index contributed by atoms with van der Waals surface area (Å²) < 4.78 is 5.59. The zero-order valence-electron chi connectivity index (χ0n) is 18.0. The van der Waals surface area contributed by atoms with Gasteiger partial charge < -0.3 is 15.4 Å². The molecule has 0 amide bonds. The van der Waals surface area contributed by atoms with Crippen molar-refractivity contribution in [2.24, 2.45) is 4.99 Å². The molecule has 1 aliphatic rings. The topological polar surface area (TPSA) is 48.9 Å². The van der Waals surface area contributed by atoms with Gasteiger partial charge in [-0.05, 0) is 47.8 Å². The van der Waals surface area contributed by atoms with Crippen LogP contribution >= 0.6 is 0 Å². The molecule has 2 aromatic carbocycles. The van der Waals surface area contributed by atoms with E-state index in [0.29, 0.717) is 0 Å². The summed E-state index contributed by atoms with van der Waals surface area (Å²) in [5.41, 5.74) is 5.36. The molecular formula is C24H34N4O. The van der Waals surface area contributed by atoms with Gasteiger partial charge in [0.1, 0.15) is 5.75 Å². The van der Waals surface area contributed by atoms with Gasteiger partial charge in [-0.1, -0.05) is 50.2 Å². The molecule has 2 N–H and O–H groups in total. The first-order valence-electron chi connectivity index (χ1n) is 10.7. The van der Waals surface area contributed by atoms with Crippen molar-refractivity contribution >= 4 is 5.96 Å². The first kappa shape index (κ1) is 21.2. The number of nitrogens with zero attached hydrogens (tertiary/aromatic N) is 2. The van der Waals surface area contributed by atoms with Gasteiger partial charge in [-0.2, -0.15) is 0 Å². The second-order valence-corrected chi connectivity index (χ2v) is 7.37. The highest BCUT2D eigenvalue weighted by Gasteiger charge is 2.12. The van der Waals surface area contributed by atoms with Crippen LogP contribution < -0.4 is 15.4 Å². The van der Waals surface area contributed by atoms with Crippen LogP contribution in [0.4, 0.5) is 0 Å². The zero-order chi connectivity index (χ0) is 20.5. The summed E-state index contributed by atoms with van der Waals surface area (Å²) in [5, 5.41) is 6.90. The third-order valence-electron chi connectivity index (χ3n) is 5.54. The van der Waals surface area contributed by atoms with E-state index in [2.05, 4.69) is 76.8 Å². The number of rotatable bonds is 9. The maximum atomic E-state index is 5.59. The fraction of sp³-hybridized carbons (Fsp3) is 0.458. The van der Waals surface area contributed by atoms with E-state index in [1.54, 1.807) is 0 Å². The first-order valence-corrected chi connectivity index (χ1v) is 10.7. The number of hydrogen-bond acceptors (Lipinski definition) is 3. The Balaban J connectivity index is 1.49. The molecule has 3 rings (SSSR count). The Bertz CT molecular complexity index is 814. The number of fused-ring (bicyclic) bond motifs is 1. The lowest BCUT2D eigenvalue weighted by atomic mass is 10.1. The van der Waals surface area contributed by atoms with Gasteiger partial charge in [0, 0.05) is 33.1 Å². The fourth-order valence-electron chi connectivity index (χ4n) is 3.69. The maximum Gasteiger partial charge on any atom is 0.191 e. The minimum atomic E-state index is 0.771. The number of guanidine groups is 1. The highest BCUT2D eigenvalue weighted by molar-refractivity contribution is 5.79. The number of benzene rings is 2. The average molecular weight is 395 g/mol. The number of nitrogens with one attached hydrogen (secondary N) is 2. The van der Waals surface area contributed by atoms with Gasteiger partial charge in [-0.3, -0.25) is 9.89 Å². The molecule has 0 saturated heterocycles. The van der Waals surface area contributed by atoms with E-state index in [4.69, 9.17) is 4.74 Å². The van der Waals surface area contributed by atoms with E-state index in [-0.39, 0.29) is 0 Å². The predicted octanol–water partition coefficient (Wildman–Crippen LogP) is 3.37. The van der Waals surface area contributed by atoms with Crippen LogP contribution in [0.15, 0.2) is 47.5 Å². The summed E-state index contributed by atoms with van der Waals surface area (Å²) in [4.78, 5) is 6.82. The van der Waals surface area contributed by atoms with Crippen LogP contribution in [0.5, 0.6) is 5.75 Å². The summed E-state index contributed by atoms with van der Waals surface area (Å²) in [6.45, 7) is 9.97. The molecule has 0 spiro atoms. The van der Waals surface area contributed by atoms with Crippen molar-refractivity contribution in [2.45, 2.75) is 39.8 Å². The molecule has 0 aromatic heterocycles. The van der Waals surface area contributed by atoms with E-state index >= 15 is 0 Å². The van der Waals surface area contributed by atoms with Crippen LogP contribution in [0.2, 0.25) is 0 Å². The molecule has 0 atom stereocenters. The highest BCUT2D eigenvalue weighted by Crippen LogP contribution is 2.25. The quantitative estimate of drug-likeness (QED) is 0.506. The molecule has 0 fully saturated rings. The van der Waals surface area contributed by atoms with Crippen LogP contribution in [0.1, 0.15) is 36.1 Å². The van der Waals surface area contributed by atoms with Gasteiger partial charge in [0.05, 0.1) is 6.61 Å². The first-order chi connectivity index (χ1) is 14.2. The molecular weight excluding hydrogens is 360 g/mol. The average Bonchev–Trinajstić information content (AvgIpc) is 3.23. The molecule has 5 heteroatoms. The summed E-state index contributed by atoms with van der Waals surface area (Å²) in [6, 6.07) is 15.2. The standard InChI is InChI=1S/C24H34N4O/c1-4-28(5-2)18-22-9-7-6-8-21(22)17-27-24(25-3)26-14-12-19-10-11-23-20(16-19)13-15-29-23/h6-11,16H,4-5,12-15,17-18H2,1-3H3,(H2,25,26,27). The van der Waals surface area contributed by atoms with Crippen molar-refractivity contribution in [2.75, 3.05) is 33.3 Å². The minimum Gasteiger partial charge on any atom is -0.493 e. The van der Waals surface area contributed by atoms with Crippen LogP contribution in [-0.2, 0) is 25.9 Å². The highest BCUT2D eigenvalue weighted by atomic mass is 16.5. The van der Waals surface area contributed by atoms with Gasteiger partial charge in [0.15, 0.2) is 5.96 Å². The van der Waals surface area contributed by atoms with Gasteiger partial charge in [0.25, 0.3) is 0 Å². The van der Waals surface area contributed by atoms with Crippen LogP contribution in [0, 0.1) is 0 Å². The SMILES string of the molecule is CCN(CC)Cc1ccccc1CNC(=NC)NCCc1ccc2c(c1)CCO2. The molecule has 29 heavy (non-hydrogen) atoms. The minimum absolute atomic E-state index is 0.771. The molecule has 0 bridgehead atoms. The second kappa shape index (κ2) is 10.9. The number of hydrogen-bond donors (Lipinski definition) is 2. The van der Waals surface area contributed by atoms with Gasteiger partial charge in [-0.25, -0.2) is 0 Å². The molecule has 0 radical (unpaired) electrons. The lowest BCUT2D eigenvalue weighted by Gasteiger charge is -2.20. The Morgan fingerprint density at radius 3 is 2.62 bits per heavy atom. The van der Waals surface area contributed by atoms with E-state index < -0.39 is 0 Å². The number of aliphatic imine (C=N–C) groups is 1. The van der Waals surface area contributed by atoms with Crippen molar-refractivity contribution in [3.63, 3.8) is 0 Å². The van der Waals surface area contributed by atoms with E-state index in [9.17, 15) is 0 Å². The van der Waals surface area contributed by atoms with Gasteiger partial charge in [0.2, 0.25) is 0 Å². The summed E-state index contributed by atoms with van der Waals surface area (Å²) in [7, 11) is 1.82. The Morgan fingerprint density at radius 1 is 1.07 bits per heavy atom. The van der Waals surface area contributed by atoms with Crippen molar-refractivity contribution in [1.29, 1.82) is 0 Å². The summed E-state index contributed by atoms with van der Waals surface area (Å²) in [5.74, 6) is 1.88. The monoisotopic (exact) mass is 394 g/mol. The molecule has 156 valence electrons. The van der Waals surface area contributed by atoms with E-state index in [1.165, 1.54) is 22.3 Å². The molecule has 0 unspecified atom stereocenters. The van der Waals surface area contributed by atoms with Crippen LogP contribution in [-0.4, -0.2) is 44.1 Å². The Morgan fingerprint density at radius 2 is 1.86 bits per heavy atom. The van der Waals surface area contributed by atoms with E-state index in [0.717, 1.165) is 63.9 Å². The van der Waals surface area contributed by atoms with Gasteiger partial charge >= 0.3 is 0 Å². The normalized spacial score (nSPS) is 13.3. The molecule has 1 heterocycles.